The van der Waals surface area contributed by atoms with Gasteiger partial charge in [-0.05, 0) is 0 Å². The van der Waals surface area contributed by atoms with Gasteiger partial charge in [0.2, 0.25) is 0 Å². The van der Waals surface area contributed by atoms with E-state index in [1.165, 1.54) is 0 Å². The topological polar surface area (TPSA) is 0 Å². The normalized spacial score (nSPS) is 0. The van der Waals surface area contributed by atoms with E-state index in [0.29, 0.717) is 0 Å². The average Bonchev–Trinajstić information content (AvgIpc) is 0. The van der Waals surface area contributed by atoms with E-state index in [-0.39, 0.29) is 38.1 Å². The van der Waals surface area contributed by atoms with Crippen LogP contribution in [0, 0.1) is 0 Å². The third-order valence-electron chi connectivity index (χ3n) is 0. The molecule has 0 bridgehead atoms. The maximum atomic E-state index is 0. The van der Waals surface area contributed by atoms with Crippen LogP contribution in [0.2, 0.25) is 0 Å². The van der Waals surface area contributed by atoms with E-state index in [9.17, 15) is 0 Å². The average molecular weight is 113 g/mol. The summed E-state index contributed by atoms with van der Waals surface area (Å²) in [7, 11) is 0. The lowest BCUT2D eigenvalue weighted by molar-refractivity contribution is 5.75. The Kier molecular flexibility index (Phi) is 369. The van der Waals surface area contributed by atoms with Crippen LogP contribution in [0.5, 0.6) is 0 Å². The van der Waals surface area contributed by atoms with E-state index < -0.39 is 0 Å². The van der Waals surface area contributed by atoms with Crippen LogP contribution in [0.1, 0.15) is 0 Å². The SMILES string of the molecule is P.P.P.[B]. The molecule has 4 heavy (non-hydrogen) atoms. The van der Waals surface area contributed by atoms with Gasteiger partial charge < -0.3 is 0 Å². The minimum Gasteiger partial charge on any atom is -0.153 e. The first-order chi connectivity index (χ1) is 0. The van der Waals surface area contributed by atoms with Crippen molar-refractivity contribution < 1.29 is 0 Å². The first-order valence-corrected chi connectivity index (χ1v) is 0. The fourth-order valence-corrected chi connectivity index (χ4v) is 0. The van der Waals surface area contributed by atoms with E-state index in [2.05, 4.69) is 0 Å². The Bertz CT molecular complexity index is 3.25. The van der Waals surface area contributed by atoms with Gasteiger partial charge in [0.05, 0.1) is 0 Å². The van der Waals surface area contributed by atoms with Gasteiger partial charge in [0.25, 0.3) is 0 Å². The molecule has 0 saturated carbocycles. The third kappa shape index (κ3) is 10.1. The molecule has 3 atom stereocenters. The van der Waals surface area contributed by atoms with Crippen molar-refractivity contribution >= 4 is 38.1 Å². The quantitative estimate of drug-likeness (QED) is 0.301. The lowest BCUT2D eigenvalue weighted by Gasteiger charge is -0.154. The van der Waals surface area contributed by atoms with Gasteiger partial charge >= 0.3 is 0 Å². The number of rotatable bonds is 0. The Balaban J connectivity index is 0. The van der Waals surface area contributed by atoms with Crippen molar-refractivity contribution in [3.05, 3.63) is 0 Å². The highest BCUT2D eigenvalue weighted by Gasteiger charge is 0.0000198. The maximum Gasteiger partial charge on any atom is 0 e. The fraction of sp³-hybridized carbons (Fsp3) is 0. The van der Waals surface area contributed by atoms with Crippen LogP contribution in [0.25, 0.3) is 0 Å². The molecule has 0 N–H and O–H groups in total. The van der Waals surface area contributed by atoms with Gasteiger partial charge in [-0.25, -0.2) is 0 Å². The van der Waals surface area contributed by atoms with Crippen molar-refractivity contribution in [2.75, 3.05) is 0 Å². The Morgan fingerprint density at radius 3 is 0.500 bits per heavy atom. The van der Waals surface area contributed by atoms with Gasteiger partial charge in [0.15, 0.2) is 0 Å². The molecule has 0 spiro atoms. The van der Waals surface area contributed by atoms with Crippen LogP contribution in [-0.2, 0) is 0 Å². The molecule has 3 radical (unpaired) electrons. The zero-order valence-electron chi connectivity index (χ0n) is 2.70. The van der Waals surface area contributed by atoms with Crippen molar-refractivity contribution in [1.82, 2.24) is 0 Å². The second kappa shape index (κ2) is 26.7. The second-order valence-corrected chi connectivity index (χ2v) is 0. The van der Waals surface area contributed by atoms with Crippen LogP contribution >= 0.6 is 29.7 Å². The lowest BCUT2D eigenvalue weighted by Crippen LogP contribution is -0.381. The molecule has 0 aromatic rings. The molecule has 4 heteroatoms. The van der Waals surface area contributed by atoms with Gasteiger partial charge in [0.1, 0.15) is 0 Å². The predicted octanol–water partition coefficient (Wildman–Crippen LogP) is -0.207. The Labute approximate surface area is 38.9 Å². The van der Waals surface area contributed by atoms with E-state index >= 15 is 0 Å². The minimum absolute atomic E-state index is 0. The zero-order chi connectivity index (χ0) is 0. The second-order valence-electron chi connectivity index (χ2n) is 0. The van der Waals surface area contributed by atoms with Gasteiger partial charge in [-0.3, -0.25) is 0 Å². The molecule has 0 nitrogen and oxygen atoms in total. The van der Waals surface area contributed by atoms with Crippen LogP contribution in [0.3, 0.4) is 0 Å². The van der Waals surface area contributed by atoms with Gasteiger partial charge in [-0.1, -0.05) is 0 Å². The molecule has 3 unspecified atom stereocenters. The third-order valence-corrected chi connectivity index (χ3v) is 0. The first-order valence-electron chi connectivity index (χ1n) is 0. The van der Waals surface area contributed by atoms with Crippen LogP contribution in [-0.4, -0.2) is 8.41 Å². The Hall–Kier alpha value is 1.35. The molecule has 27 valence electrons. The van der Waals surface area contributed by atoms with Crippen molar-refractivity contribution in [2.45, 2.75) is 0 Å². The lowest BCUT2D eigenvalue weighted by atomic mass is 10.8. The number of hydrogen-bond acceptors (Lipinski definition) is 0. The maximum absolute atomic E-state index is 0. The van der Waals surface area contributed by atoms with E-state index in [1.54, 1.807) is 0 Å². The molecule has 0 aromatic heterocycles. The molecule has 0 saturated heterocycles. The van der Waals surface area contributed by atoms with Gasteiger partial charge in [-0.2, -0.15) is 29.7 Å². The van der Waals surface area contributed by atoms with Crippen molar-refractivity contribution in [2.24, 2.45) is 0 Å². The summed E-state index contributed by atoms with van der Waals surface area (Å²) in [5.74, 6) is 0. The summed E-state index contributed by atoms with van der Waals surface area (Å²) in [6.45, 7) is 0. The molecular weight excluding hydrogens is 104 g/mol. The molecule has 0 aliphatic heterocycles. The molecule has 0 rings (SSSR count). The van der Waals surface area contributed by atoms with Crippen LogP contribution in [0.4, 0.5) is 0 Å². The minimum atomic E-state index is 0. The molecule has 0 amide bonds. The Morgan fingerprint density at radius 1 is 0.500 bits per heavy atom. The molecule has 0 fully saturated rings. The molecule has 0 heterocycles. The molecule has 0 aliphatic carbocycles. The summed E-state index contributed by atoms with van der Waals surface area (Å²) in [4.78, 5) is 0. The van der Waals surface area contributed by atoms with Gasteiger partial charge in [-0.15, -0.1) is 0 Å². The summed E-state index contributed by atoms with van der Waals surface area (Å²) in [6.07, 6.45) is 0. The first kappa shape index (κ1) is 55.3. The van der Waals surface area contributed by atoms with Crippen molar-refractivity contribution in [3.63, 3.8) is 0 Å². The highest BCUT2D eigenvalue weighted by Crippen LogP contribution is 0.863. The highest BCUT2D eigenvalue weighted by atomic mass is 31.0. The van der Waals surface area contributed by atoms with E-state index in [0.717, 1.165) is 0 Å². The van der Waals surface area contributed by atoms with Gasteiger partial charge in [0, 0.05) is 8.41 Å². The molecule has 0 aromatic carbocycles. The monoisotopic (exact) mass is 113 g/mol. The Morgan fingerprint density at radius 2 is 0.500 bits per heavy atom. The zero-order valence-corrected chi connectivity index (χ0v) is 6.94. The highest BCUT2D eigenvalue weighted by molar-refractivity contribution is 6.92. The largest absolute Gasteiger partial charge is 0.153 e. The fourth-order valence-electron chi connectivity index (χ4n) is 0. The van der Waals surface area contributed by atoms with Crippen molar-refractivity contribution in [1.29, 1.82) is 0 Å². The summed E-state index contributed by atoms with van der Waals surface area (Å²) in [6, 6.07) is 0. The van der Waals surface area contributed by atoms with Crippen LogP contribution < -0.4 is 0 Å². The molecule has 0 aliphatic rings. The van der Waals surface area contributed by atoms with Crippen molar-refractivity contribution in [3.8, 4) is 0 Å². The standard InChI is InChI=1S/B.3H3P/h;3*1H3. The number of hydrogen-bond donors (Lipinski definition) is 0. The van der Waals surface area contributed by atoms with E-state index in [4.69, 9.17) is 0 Å². The van der Waals surface area contributed by atoms with Crippen LogP contribution in [0.15, 0.2) is 0 Å². The summed E-state index contributed by atoms with van der Waals surface area (Å²) < 4.78 is 0. The summed E-state index contributed by atoms with van der Waals surface area (Å²) in [5, 5.41) is 0. The molecular formula is H9BP3. The smallest absolute Gasteiger partial charge is 0 e. The van der Waals surface area contributed by atoms with E-state index in [1.807, 2.05) is 0 Å². The summed E-state index contributed by atoms with van der Waals surface area (Å²) in [5.41, 5.74) is 0. The predicted molar refractivity (Wildman–Crippen MR) is 39.1 cm³/mol. The summed E-state index contributed by atoms with van der Waals surface area (Å²) >= 11 is 0.